The molecule has 158 valence electrons. The second-order valence-corrected chi connectivity index (χ2v) is 8.74. The number of nitrogens with zero attached hydrogens (tertiary/aromatic N) is 1. The Morgan fingerprint density at radius 2 is 1.87 bits per heavy atom. The third-order valence-corrected chi connectivity index (χ3v) is 6.43. The molecule has 0 aromatic heterocycles. The van der Waals surface area contributed by atoms with E-state index in [2.05, 4.69) is 53.5 Å². The van der Waals surface area contributed by atoms with Crippen molar-refractivity contribution in [2.75, 3.05) is 19.6 Å². The van der Waals surface area contributed by atoms with Crippen molar-refractivity contribution >= 4 is 12.0 Å². The van der Waals surface area contributed by atoms with Crippen molar-refractivity contribution < 1.29 is 9.90 Å². The summed E-state index contributed by atoms with van der Waals surface area (Å²) in [7, 11) is 0. The molecule has 4 heteroatoms. The van der Waals surface area contributed by atoms with Crippen molar-refractivity contribution in [3.63, 3.8) is 0 Å². The fourth-order valence-electron chi connectivity index (χ4n) is 4.54. The minimum Gasteiger partial charge on any atom is -0.478 e. The molecule has 2 fully saturated rings. The van der Waals surface area contributed by atoms with Crippen LogP contribution in [0.1, 0.15) is 47.7 Å². The predicted octanol–water partition coefficient (Wildman–Crippen LogP) is 4.68. The molecule has 1 saturated carbocycles. The van der Waals surface area contributed by atoms with Crippen LogP contribution in [0.4, 0.5) is 0 Å². The van der Waals surface area contributed by atoms with Gasteiger partial charge in [-0.1, -0.05) is 61.0 Å². The molecule has 0 bridgehead atoms. The van der Waals surface area contributed by atoms with E-state index in [1.165, 1.54) is 24.0 Å². The summed E-state index contributed by atoms with van der Waals surface area (Å²) in [5.74, 6) is 0.623. The third-order valence-electron chi connectivity index (χ3n) is 6.43. The van der Waals surface area contributed by atoms with Gasteiger partial charge in [-0.3, -0.25) is 4.90 Å². The summed E-state index contributed by atoms with van der Waals surface area (Å²) >= 11 is 0. The van der Waals surface area contributed by atoms with E-state index >= 15 is 0 Å². The molecule has 2 atom stereocenters. The second-order valence-electron chi connectivity index (χ2n) is 8.74. The van der Waals surface area contributed by atoms with Crippen molar-refractivity contribution in [3.05, 3.63) is 76.9 Å². The molecule has 2 aromatic carbocycles. The largest absolute Gasteiger partial charge is 0.478 e. The summed E-state index contributed by atoms with van der Waals surface area (Å²) in [4.78, 5) is 13.4. The van der Waals surface area contributed by atoms with Gasteiger partial charge in [-0.15, -0.1) is 0 Å². The molecule has 1 unspecified atom stereocenters. The van der Waals surface area contributed by atoms with Gasteiger partial charge >= 0.3 is 5.97 Å². The fraction of sp³-hybridized carbons (Fsp3) is 0.423. The number of likely N-dealkylation sites (tertiary alicyclic amines) is 1. The van der Waals surface area contributed by atoms with E-state index in [9.17, 15) is 4.79 Å². The lowest BCUT2D eigenvalue weighted by Crippen LogP contribution is -2.46. The van der Waals surface area contributed by atoms with Crippen molar-refractivity contribution in [2.45, 2.75) is 38.8 Å². The highest BCUT2D eigenvalue weighted by molar-refractivity contribution is 5.87. The maximum atomic E-state index is 10.9. The van der Waals surface area contributed by atoms with Crippen molar-refractivity contribution in [3.8, 4) is 0 Å². The topological polar surface area (TPSA) is 52.6 Å². The molecule has 4 nitrogen and oxygen atoms in total. The zero-order chi connectivity index (χ0) is 20.9. The van der Waals surface area contributed by atoms with Crippen LogP contribution in [0.5, 0.6) is 0 Å². The summed E-state index contributed by atoms with van der Waals surface area (Å²) in [5, 5.41) is 12.8. The van der Waals surface area contributed by atoms with E-state index in [1.807, 2.05) is 12.1 Å². The first-order valence-electron chi connectivity index (χ1n) is 11.2. The molecular weight excluding hydrogens is 372 g/mol. The Kier molecular flexibility index (Phi) is 6.66. The lowest BCUT2D eigenvalue weighted by molar-refractivity contribution is 0.0696. The molecule has 0 radical (unpaired) electrons. The van der Waals surface area contributed by atoms with Crippen LogP contribution in [0, 0.1) is 11.8 Å². The van der Waals surface area contributed by atoms with Crippen molar-refractivity contribution in [2.24, 2.45) is 11.8 Å². The predicted molar refractivity (Wildman–Crippen MR) is 121 cm³/mol. The number of benzene rings is 2. The van der Waals surface area contributed by atoms with Crippen LogP contribution in [-0.2, 0) is 6.54 Å². The lowest BCUT2D eigenvalue weighted by Gasteiger charge is -2.39. The van der Waals surface area contributed by atoms with E-state index in [0.29, 0.717) is 17.5 Å². The summed E-state index contributed by atoms with van der Waals surface area (Å²) < 4.78 is 0. The number of hydrogen-bond donors (Lipinski definition) is 2. The smallest absolute Gasteiger partial charge is 0.335 e. The molecule has 0 amide bonds. The van der Waals surface area contributed by atoms with Crippen LogP contribution in [0.2, 0.25) is 0 Å². The number of carboxylic acids is 1. The van der Waals surface area contributed by atoms with Crippen LogP contribution >= 0.6 is 0 Å². The maximum absolute atomic E-state index is 10.9. The van der Waals surface area contributed by atoms with Crippen LogP contribution in [-0.4, -0.2) is 41.7 Å². The normalized spacial score (nSPS) is 22.0. The van der Waals surface area contributed by atoms with Gasteiger partial charge in [-0.25, -0.2) is 4.79 Å². The van der Waals surface area contributed by atoms with Crippen LogP contribution in [0.25, 0.3) is 6.08 Å². The summed E-state index contributed by atoms with van der Waals surface area (Å²) in [6, 6.07) is 18.6. The van der Waals surface area contributed by atoms with Crippen LogP contribution in [0.3, 0.4) is 0 Å². The molecule has 1 aliphatic carbocycles. The minimum absolute atomic E-state index is 0.356. The Morgan fingerprint density at radius 3 is 2.53 bits per heavy atom. The highest BCUT2D eigenvalue weighted by atomic mass is 16.4. The molecule has 1 saturated heterocycles. The molecule has 2 aliphatic rings. The Labute approximate surface area is 179 Å². The quantitative estimate of drug-likeness (QED) is 0.604. The standard InChI is InChI=1S/C26H32N2O2/c1-2-22(14-19-6-4-3-5-7-19)24-15-25(24)27-13-12-21-17-28(18-21)16-20-8-10-23(11-9-20)26(29)30/h3-11,14,21,24-25,27H,2,12-13,15-18H2,1H3,(H,29,30)/t24?,25-/m0/s1. The highest BCUT2D eigenvalue weighted by Gasteiger charge is 2.38. The molecule has 1 heterocycles. The van der Waals surface area contributed by atoms with E-state index in [1.54, 1.807) is 17.7 Å². The number of aromatic carboxylic acids is 1. The lowest BCUT2D eigenvalue weighted by atomic mass is 9.95. The molecule has 4 rings (SSSR count). The summed E-state index contributed by atoms with van der Waals surface area (Å²) in [6.45, 7) is 6.57. The number of hydrogen-bond acceptors (Lipinski definition) is 3. The first kappa shape index (κ1) is 20.8. The Morgan fingerprint density at radius 1 is 1.13 bits per heavy atom. The minimum atomic E-state index is -0.863. The van der Waals surface area contributed by atoms with Gasteiger partial charge in [0, 0.05) is 25.7 Å². The summed E-state index contributed by atoms with van der Waals surface area (Å²) in [5.41, 5.74) is 4.43. The van der Waals surface area contributed by atoms with Crippen molar-refractivity contribution in [1.29, 1.82) is 0 Å². The summed E-state index contributed by atoms with van der Waals surface area (Å²) in [6.07, 6.45) is 6.01. The molecule has 0 spiro atoms. The molecule has 1 aliphatic heterocycles. The van der Waals surface area contributed by atoms with Gasteiger partial charge in [-0.2, -0.15) is 0 Å². The first-order valence-corrected chi connectivity index (χ1v) is 11.2. The van der Waals surface area contributed by atoms with Gasteiger partial charge in [0.2, 0.25) is 0 Å². The Bertz CT molecular complexity index is 870. The first-order chi connectivity index (χ1) is 14.6. The van der Waals surface area contributed by atoms with Gasteiger partial charge in [0.15, 0.2) is 0 Å². The number of nitrogens with one attached hydrogen (secondary N) is 1. The van der Waals surface area contributed by atoms with Crippen LogP contribution in [0.15, 0.2) is 60.2 Å². The Hall–Kier alpha value is -2.43. The average molecular weight is 405 g/mol. The fourth-order valence-corrected chi connectivity index (χ4v) is 4.54. The zero-order valence-corrected chi connectivity index (χ0v) is 17.8. The van der Waals surface area contributed by atoms with Gasteiger partial charge in [0.25, 0.3) is 0 Å². The van der Waals surface area contributed by atoms with E-state index in [0.717, 1.165) is 38.5 Å². The van der Waals surface area contributed by atoms with Gasteiger partial charge in [0.05, 0.1) is 5.56 Å². The maximum Gasteiger partial charge on any atom is 0.335 e. The molecular formula is C26H32N2O2. The van der Waals surface area contributed by atoms with E-state index < -0.39 is 5.97 Å². The second kappa shape index (κ2) is 9.59. The highest BCUT2D eigenvalue weighted by Crippen LogP contribution is 2.39. The van der Waals surface area contributed by atoms with E-state index in [4.69, 9.17) is 5.11 Å². The Balaban J connectivity index is 1.13. The molecule has 2 N–H and O–H groups in total. The van der Waals surface area contributed by atoms with Gasteiger partial charge in [0.1, 0.15) is 0 Å². The monoisotopic (exact) mass is 404 g/mol. The van der Waals surface area contributed by atoms with E-state index in [-0.39, 0.29) is 0 Å². The number of rotatable bonds is 10. The van der Waals surface area contributed by atoms with Crippen molar-refractivity contribution in [1.82, 2.24) is 10.2 Å². The zero-order valence-electron chi connectivity index (χ0n) is 17.8. The van der Waals surface area contributed by atoms with Crippen LogP contribution < -0.4 is 5.32 Å². The molecule has 30 heavy (non-hydrogen) atoms. The third kappa shape index (κ3) is 5.38. The molecule has 2 aromatic rings. The van der Waals surface area contributed by atoms with Gasteiger partial charge < -0.3 is 10.4 Å². The number of carboxylic acid groups (broad SMARTS) is 1. The number of carbonyl (C=O) groups is 1. The van der Waals surface area contributed by atoms with Gasteiger partial charge in [-0.05, 0) is 60.9 Å². The SMILES string of the molecule is CCC(=Cc1ccccc1)C1C[C@@H]1NCCC1CN(Cc2ccc(C(=O)O)cc2)C1. The average Bonchev–Trinajstić information content (AvgIpc) is 3.50.